The summed E-state index contributed by atoms with van der Waals surface area (Å²) in [7, 11) is 0. The fourth-order valence-corrected chi connectivity index (χ4v) is 2.14. The van der Waals surface area contributed by atoms with Gasteiger partial charge >= 0.3 is 5.97 Å². The normalized spacial score (nSPS) is 10.4. The number of aryl methyl sites for hydroxylation is 1. The van der Waals surface area contributed by atoms with E-state index in [1.54, 1.807) is 13.8 Å². The van der Waals surface area contributed by atoms with Crippen molar-refractivity contribution >= 4 is 40.9 Å². The van der Waals surface area contributed by atoms with Crippen LogP contribution in [0.4, 0.5) is 10.2 Å². The number of ether oxygens (including phenoxy) is 1. The molecule has 0 atom stereocenters. The predicted molar refractivity (Wildman–Crippen MR) is 89.0 cm³/mol. The van der Waals surface area contributed by atoms with Crippen molar-refractivity contribution in [2.24, 2.45) is 0 Å². The molecule has 5 nitrogen and oxygen atoms in total. The zero-order chi connectivity index (χ0) is 17.9. The molecule has 1 heterocycles. The lowest BCUT2D eigenvalue weighted by atomic mass is 10.1. The number of amides is 1. The first-order valence-corrected chi connectivity index (χ1v) is 7.59. The molecule has 0 unspecified atom stereocenters. The van der Waals surface area contributed by atoms with E-state index in [4.69, 9.17) is 27.9 Å². The third-order valence-electron chi connectivity index (χ3n) is 3.20. The van der Waals surface area contributed by atoms with Gasteiger partial charge in [0, 0.05) is 6.20 Å². The Morgan fingerprint density at radius 2 is 2.00 bits per heavy atom. The summed E-state index contributed by atoms with van der Waals surface area (Å²) < 4.78 is 18.3. The van der Waals surface area contributed by atoms with Crippen molar-refractivity contribution in [1.82, 2.24) is 4.98 Å². The largest absolute Gasteiger partial charge is 0.452 e. The number of halogens is 3. The molecule has 0 aliphatic carbocycles. The van der Waals surface area contributed by atoms with Crippen molar-refractivity contribution in [1.29, 1.82) is 0 Å². The quantitative estimate of drug-likeness (QED) is 0.827. The maximum Gasteiger partial charge on any atom is 0.338 e. The van der Waals surface area contributed by atoms with Crippen LogP contribution >= 0.6 is 23.2 Å². The third-order valence-corrected chi connectivity index (χ3v) is 4.05. The van der Waals surface area contributed by atoms with Gasteiger partial charge in [-0.3, -0.25) is 4.79 Å². The topological polar surface area (TPSA) is 68.3 Å². The Labute approximate surface area is 147 Å². The summed E-state index contributed by atoms with van der Waals surface area (Å²) in [4.78, 5) is 27.5. The molecule has 0 bridgehead atoms. The van der Waals surface area contributed by atoms with Gasteiger partial charge in [0.25, 0.3) is 5.91 Å². The molecular formula is C16H13Cl2FN2O3. The molecule has 0 fully saturated rings. The van der Waals surface area contributed by atoms with E-state index < -0.39 is 24.3 Å². The summed E-state index contributed by atoms with van der Waals surface area (Å²) in [5.74, 6) is -1.86. The van der Waals surface area contributed by atoms with Gasteiger partial charge in [0.15, 0.2) is 12.4 Å². The Morgan fingerprint density at radius 3 is 2.67 bits per heavy atom. The second kappa shape index (κ2) is 7.59. The molecule has 0 radical (unpaired) electrons. The summed E-state index contributed by atoms with van der Waals surface area (Å²) in [6, 6.07) is 3.92. The minimum Gasteiger partial charge on any atom is -0.452 e. The number of aromatic nitrogens is 1. The highest BCUT2D eigenvalue weighted by Gasteiger charge is 2.15. The Morgan fingerprint density at radius 1 is 1.29 bits per heavy atom. The van der Waals surface area contributed by atoms with Crippen molar-refractivity contribution in [3.63, 3.8) is 0 Å². The molecule has 2 aromatic rings. The smallest absolute Gasteiger partial charge is 0.338 e. The van der Waals surface area contributed by atoms with Crippen LogP contribution in [0.15, 0.2) is 24.4 Å². The number of rotatable bonds is 4. The molecule has 8 heteroatoms. The molecule has 0 saturated carbocycles. The Bertz CT molecular complexity index is 812. The maximum absolute atomic E-state index is 13.4. The van der Waals surface area contributed by atoms with Gasteiger partial charge in [-0.25, -0.2) is 14.2 Å². The number of hydrogen-bond donors (Lipinski definition) is 1. The van der Waals surface area contributed by atoms with Gasteiger partial charge in [-0.2, -0.15) is 0 Å². The summed E-state index contributed by atoms with van der Waals surface area (Å²) in [6.45, 7) is 2.69. The van der Waals surface area contributed by atoms with Crippen LogP contribution in [0.25, 0.3) is 0 Å². The minimum absolute atomic E-state index is 0.0180. The SMILES string of the molecule is Cc1ccc(C(=O)OCC(=O)Nc2ncc(Cl)c(C)c2Cl)cc1F. The summed E-state index contributed by atoms with van der Waals surface area (Å²) >= 11 is 11.9. The highest BCUT2D eigenvalue weighted by molar-refractivity contribution is 6.37. The van der Waals surface area contributed by atoms with Gasteiger partial charge < -0.3 is 10.1 Å². The zero-order valence-corrected chi connectivity index (χ0v) is 14.3. The molecule has 1 amide bonds. The lowest BCUT2D eigenvalue weighted by Gasteiger charge is -2.09. The first-order valence-electron chi connectivity index (χ1n) is 6.83. The number of nitrogens with zero attached hydrogens (tertiary/aromatic N) is 1. The fraction of sp³-hybridized carbons (Fsp3) is 0.188. The van der Waals surface area contributed by atoms with Crippen LogP contribution in [0.2, 0.25) is 10.0 Å². The maximum atomic E-state index is 13.4. The number of esters is 1. The number of hydrogen-bond acceptors (Lipinski definition) is 4. The molecule has 24 heavy (non-hydrogen) atoms. The van der Waals surface area contributed by atoms with Crippen molar-refractivity contribution in [2.75, 3.05) is 11.9 Å². The first-order chi connectivity index (χ1) is 11.3. The summed E-state index contributed by atoms with van der Waals surface area (Å²) in [6.07, 6.45) is 1.35. The number of anilines is 1. The molecule has 126 valence electrons. The van der Waals surface area contributed by atoms with E-state index in [9.17, 15) is 14.0 Å². The number of benzene rings is 1. The van der Waals surface area contributed by atoms with Crippen LogP contribution in [0.1, 0.15) is 21.5 Å². The van der Waals surface area contributed by atoms with Crippen LogP contribution in [0.3, 0.4) is 0 Å². The molecule has 2 rings (SSSR count). The molecule has 0 saturated heterocycles. The van der Waals surface area contributed by atoms with E-state index in [0.29, 0.717) is 16.1 Å². The first kappa shape index (κ1) is 18.2. The Balaban J connectivity index is 1.97. The number of carbonyl (C=O) groups is 2. The van der Waals surface area contributed by atoms with Crippen molar-refractivity contribution in [2.45, 2.75) is 13.8 Å². The summed E-state index contributed by atoms with van der Waals surface area (Å²) in [5.41, 5.74) is 0.989. The lowest BCUT2D eigenvalue weighted by Crippen LogP contribution is -2.21. The standard InChI is InChI=1S/C16H13Cl2FN2O3/c1-8-3-4-10(5-12(8)19)16(23)24-7-13(22)21-15-14(18)9(2)11(17)6-20-15/h3-6H,7H2,1-2H3,(H,20,21,22). The fourth-order valence-electron chi connectivity index (χ4n) is 1.75. The van der Waals surface area contributed by atoms with Crippen LogP contribution in [-0.2, 0) is 9.53 Å². The van der Waals surface area contributed by atoms with E-state index in [2.05, 4.69) is 10.3 Å². The van der Waals surface area contributed by atoms with Crippen molar-refractivity contribution in [3.05, 3.63) is 56.9 Å². The van der Waals surface area contributed by atoms with E-state index >= 15 is 0 Å². The monoisotopic (exact) mass is 370 g/mol. The number of pyridine rings is 1. The molecule has 1 aromatic heterocycles. The van der Waals surface area contributed by atoms with Crippen LogP contribution in [-0.4, -0.2) is 23.5 Å². The molecule has 1 aromatic carbocycles. The predicted octanol–water partition coefficient (Wildman–Crippen LogP) is 3.94. The van der Waals surface area contributed by atoms with Crippen LogP contribution in [0.5, 0.6) is 0 Å². The van der Waals surface area contributed by atoms with Crippen molar-refractivity contribution in [3.8, 4) is 0 Å². The molecule has 0 spiro atoms. The van der Waals surface area contributed by atoms with Gasteiger partial charge in [0.2, 0.25) is 0 Å². The summed E-state index contributed by atoms with van der Waals surface area (Å²) in [5, 5.41) is 2.98. The molecule has 0 aliphatic rings. The van der Waals surface area contributed by atoms with Gasteiger partial charge in [-0.05, 0) is 37.1 Å². The van der Waals surface area contributed by atoms with E-state index in [1.165, 1.54) is 18.3 Å². The van der Waals surface area contributed by atoms with Gasteiger partial charge in [-0.1, -0.05) is 29.3 Å². The van der Waals surface area contributed by atoms with Crippen molar-refractivity contribution < 1.29 is 18.7 Å². The molecule has 0 aliphatic heterocycles. The highest BCUT2D eigenvalue weighted by atomic mass is 35.5. The molecule has 1 N–H and O–H groups in total. The second-order valence-electron chi connectivity index (χ2n) is 4.98. The van der Waals surface area contributed by atoms with E-state index in [-0.39, 0.29) is 16.4 Å². The number of carbonyl (C=O) groups excluding carboxylic acids is 2. The Kier molecular flexibility index (Phi) is 5.75. The zero-order valence-electron chi connectivity index (χ0n) is 12.8. The van der Waals surface area contributed by atoms with Gasteiger partial charge in [-0.15, -0.1) is 0 Å². The average Bonchev–Trinajstić information content (AvgIpc) is 2.55. The third kappa shape index (κ3) is 4.21. The lowest BCUT2D eigenvalue weighted by molar-refractivity contribution is -0.119. The molecular weight excluding hydrogens is 358 g/mol. The van der Waals surface area contributed by atoms with E-state index in [0.717, 1.165) is 6.07 Å². The highest BCUT2D eigenvalue weighted by Crippen LogP contribution is 2.28. The van der Waals surface area contributed by atoms with Crippen LogP contribution < -0.4 is 5.32 Å². The second-order valence-corrected chi connectivity index (χ2v) is 5.77. The van der Waals surface area contributed by atoms with Gasteiger partial charge in [0.1, 0.15) is 5.82 Å². The van der Waals surface area contributed by atoms with E-state index in [1.807, 2.05) is 0 Å². The Hall–Kier alpha value is -2.18. The van der Waals surface area contributed by atoms with Gasteiger partial charge in [0.05, 0.1) is 15.6 Å². The van der Waals surface area contributed by atoms with Crippen LogP contribution in [0, 0.1) is 19.7 Å². The average molecular weight is 371 g/mol. The minimum atomic E-state index is -0.810. The number of nitrogens with one attached hydrogen (secondary N) is 1.